The van der Waals surface area contributed by atoms with Crippen LogP contribution >= 0.6 is 0 Å². The number of aryl methyl sites for hydroxylation is 3. The first-order valence-electron chi connectivity index (χ1n) is 9.97. The molecule has 136 valence electrons. The summed E-state index contributed by atoms with van der Waals surface area (Å²) in [6, 6.07) is 33.6. The van der Waals surface area contributed by atoms with Crippen molar-refractivity contribution in [3.63, 3.8) is 0 Å². The second-order valence-corrected chi connectivity index (χ2v) is 7.97. The predicted octanol–water partition coefficient (Wildman–Crippen LogP) is 6.97. The normalized spacial score (nSPS) is 13.8. The van der Waals surface area contributed by atoms with Crippen molar-refractivity contribution in [3.8, 4) is 11.1 Å². The van der Waals surface area contributed by atoms with Gasteiger partial charge in [-0.15, -0.1) is 0 Å². The molecule has 4 aromatic carbocycles. The Morgan fingerprint density at radius 3 is 1.57 bits per heavy atom. The molecule has 0 aliphatic heterocycles. The molecule has 5 rings (SSSR count). The summed E-state index contributed by atoms with van der Waals surface area (Å²) in [5.74, 6) is 0. The minimum atomic E-state index is -0.283. The fourth-order valence-electron chi connectivity index (χ4n) is 5.11. The Balaban J connectivity index is 2.04. The SMILES string of the molecule is Cc1ccc2c(c1)C(c1ccccc1C)(c1ccccc1C)c1ccccc1-2. The molecule has 0 unspecified atom stereocenters. The summed E-state index contributed by atoms with van der Waals surface area (Å²) in [5, 5.41) is 0. The smallest absolute Gasteiger partial charge is 0.0620 e. The highest BCUT2D eigenvalue weighted by molar-refractivity contribution is 5.87. The maximum atomic E-state index is 2.40. The molecular weight excluding hydrogens is 336 g/mol. The molecule has 0 spiro atoms. The Kier molecular flexibility index (Phi) is 3.77. The summed E-state index contributed by atoms with van der Waals surface area (Å²) in [6.45, 7) is 6.68. The van der Waals surface area contributed by atoms with E-state index < -0.39 is 0 Å². The van der Waals surface area contributed by atoms with Crippen LogP contribution < -0.4 is 0 Å². The lowest BCUT2D eigenvalue weighted by Crippen LogP contribution is -2.30. The van der Waals surface area contributed by atoms with Gasteiger partial charge < -0.3 is 0 Å². The predicted molar refractivity (Wildman–Crippen MR) is 118 cm³/mol. The van der Waals surface area contributed by atoms with E-state index in [0.29, 0.717) is 0 Å². The minimum absolute atomic E-state index is 0.283. The molecule has 0 atom stereocenters. The van der Waals surface area contributed by atoms with E-state index in [1.165, 1.54) is 50.1 Å². The van der Waals surface area contributed by atoms with Crippen LogP contribution in [0.3, 0.4) is 0 Å². The Morgan fingerprint density at radius 2 is 0.964 bits per heavy atom. The van der Waals surface area contributed by atoms with Crippen LogP contribution in [0.5, 0.6) is 0 Å². The van der Waals surface area contributed by atoms with Gasteiger partial charge in [0.1, 0.15) is 0 Å². The van der Waals surface area contributed by atoms with Crippen molar-refractivity contribution in [1.29, 1.82) is 0 Å². The van der Waals surface area contributed by atoms with Gasteiger partial charge in [0.05, 0.1) is 5.41 Å². The van der Waals surface area contributed by atoms with E-state index in [4.69, 9.17) is 0 Å². The number of hydrogen-bond acceptors (Lipinski definition) is 0. The summed E-state index contributed by atoms with van der Waals surface area (Å²) in [7, 11) is 0. The summed E-state index contributed by atoms with van der Waals surface area (Å²) >= 11 is 0. The van der Waals surface area contributed by atoms with Gasteiger partial charge in [-0.3, -0.25) is 0 Å². The van der Waals surface area contributed by atoms with Crippen LogP contribution in [0, 0.1) is 20.8 Å². The lowest BCUT2D eigenvalue weighted by molar-refractivity contribution is 0.753. The number of hydrogen-bond donors (Lipinski definition) is 0. The molecule has 4 aromatic rings. The minimum Gasteiger partial charge on any atom is -0.0620 e. The third-order valence-corrected chi connectivity index (χ3v) is 6.30. The maximum Gasteiger partial charge on any atom is 0.0718 e. The number of rotatable bonds is 2. The van der Waals surface area contributed by atoms with Gasteiger partial charge in [-0.1, -0.05) is 96.6 Å². The second kappa shape index (κ2) is 6.21. The molecule has 0 radical (unpaired) electrons. The summed E-state index contributed by atoms with van der Waals surface area (Å²) in [6.07, 6.45) is 0. The van der Waals surface area contributed by atoms with Crippen LogP contribution in [0.4, 0.5) is 0 Å². The highest BCUT2D eigenvalue weighted by Crippen LogP contribution is 2.57. The first-order valence-corrected chi connectivity index (χ1v) is 9.97. The van der Waals surface area contributed by atoms with Crippen LogP contribution in [-0.2, 0) is 5.41 Å². The summed E-state index contributed by atoms with van der Waals surface area (Å²) in [4.78, 5) is 0. The van der Waals surface area contributed by atoms with Crippen molar-refractivity contribution in [2.45, 2.75) is 26.2 Å². The molecule has 0 bridgehead atoms. The molecule has 28 heavy (non-hydrogen) atoms. The first kappa shape index (κ1) is 17.0. The molecule has 0 aromatic heterocycles. The topological polar surface area (TPSA) is 0 Å². The zero-order chi connectivity index (χ0) is 19.3. The van der Waals surface area contributed by atoms with Crippen molar-refractivity contribution in [2.24, 2.45) is 0 Å². The molecule has 0 heterocycles. The van der Waals surface area contributed by atoms with E-state index in [0.717, 1.165) is 0 Å². The zero-order valence-corrected chi connectivity index (χ0v) is 16.7. The van der Waals surface area contributed by atoms with Gasteiger partial charge in [0.15, 0.2) is 0 Å². The molecule has 0 saturated carbocycles. The van der Waals surface area contributed by atoms with Crippen molar-refractivity contribution < 1.29 is 0 Å². The fraction of sp³-hybridized carbons (Fsp3) is 0.143. The van der Waals surface area contributed by atoms with Crippen LogP contribution in [0.1, 0.15) is 38.9 Å². The lowest BCUT2D eigenvalue weighted by atomic mass is 9.65. The Labute approximate surface area is 167 Å². The molecule has 0 amide bonds. The Bertz CT molecular complexity index is 1150. The fourth-order valence-corrected chi connectivity index (χ4v) is 5.11. The van der Waals surface area contributed by atoms with Gasteiger partial charge in [0, 0.05) is 0 Å². The van der Waals surface area contributed by atoms with E-state index in [2.05, 4.69) is 112 Å². The standard InChI is InChI=1S/C28H24/c1-19-16-17-23-22-12-6-9-15-26(22)28(27(23)18-19,24-13-7-4-10-20(24)2)25-14-8-5-11-21(25)3/h4-18H,1-3H3. The van der Waals surface area contributed by atoms with Crippen LogP contribution in [0.15, 0.2) is 91.0 Å². The Hall–Kier alpha value is -3.12. The lowest BCUT2D eigenvalue weighted by Gasteiger charge is -2.36. The number of benzene rings is 4. The highest BCUT2D eigenvalue weighted by Gasteiger charge is 2.47. The van der Waals surface area contributed by atoms with Gasteiger partial charge in [-0.05, 0) is 65.3 Å². The van der Waals surface area contributed by atoms with E-state index in [1.807, 2.05) is 0 Å². The van der Waals surface area contributed by atoms with Gasteiger partial charge in [0.2, 0.25) is 0 Å². The molecule has 1 aliphatic rings. The average Bonchev–Trinajstić information content (AvgIpc) is 2.99. The van der Waals surface area contributed by atoms with Crippen LogP contribution in [-0.4, -0.2) is 0 Å². The monoisotopic (exact) mass is 360 g/mol. The molecule has 0 N–H and O–H groups in total. The maximum absolute atomic E-state index is 2.40. The average molecular weight is 361 g/mol. The van der Waals surface area contributed by atoms with E-state index >= 15 is 0 Å². The molecule has 0 fully saturated rings. The third-order valence-electron chi connectivity index (χ3n) is 6.30. The highest BCUT2D eigenvalue weighted by atomic mass is 14.5. The van der Waals surface area contributed by atoms with E-state index in [1.54, 1.807) is 0 Å². The van der Waals surface area contributed by atoms with Crippen LogP contribution in [0.2, 0.25) is 0 Å². The quantitative estimate of drug-likeness (QED) is 0.319. The molecule has 0 saturated heterocycles. The van der Waals surface area contributed by atoms with Crippen molar-refractivity contribution in [3.05, 3.63) is 130 Å². The largest absolute Gasteiger partial charge is 0.0718 e. The van der Waals surface area contributed by atoms with Crippen molar-refractivity contribution >= 4 is 0 Å². The number of fused-ring (bicyclic) bond motifs is 3. The Morgan fingerprint density at radius 1 is 0.464 bits per heavy atom. The molecule has 0 heteroatoms. The van der Waals surface area contributed by atoms with Gasteiger partial charge >= 0.3 is 0 Å². The molecular formula is C28H24. The zero-order valence-electron chi connectivity index (χ0n) is 16.7. The van der Waals surface area contributed by atoms with E-state index in [9.17, 15) is 0 Å². The van der Waals surface area contributed by atoms with Crippen molar-refractivity contribution in [1.82, 2.24) is 0 Å². The van der Waals surface area contributed by atoms with Gasteiger partial charge in [0.25, 0.3) is 0 Å². The van der Waals surface area contributed by atoms with Crippen molar-refractivity contribution in [2.75, 3.05) is 0 Å². The second-order valence-electron chi connectivity index (χ2n) is 7.97. The van der Waals surface area contributed by atoms with Crippen LogP contribution in [0.25, 0.3) is 11.1 Å². The summed E-state index contributed by atoms with van der Waals surface area (Å²) < 4.78 is 0. The molecule has 0 nitrogen and oxygen atoms in total. The third kappa shape index (κ3) is 2.18. The van der Waals surface area contributed by atoms with Gasteiger partial charge in [-0.25, -0.2) is 0 Å². The van der Waals surface area contributed by atoms with E-state index in [-0.39, 0.29) is 5.41 Å². The first-order chi connectivity index (χ1) is 13.6. The molecule has 1 aliphatic carbocycles. The summed E-state index contributed by atoms with van der Waals surface area (Å²) in [5.41, 5.74) is 11.9. The van der Waals surface area contributed by atoms with Gasteiger partial charge in [-0.2, -0.15) is 0 Å².